The molecule has 1 aromatic rings. The number of carbonyl (C=O) groups excluding carboxylic acids is 1. The Morgan fingerprint density at radius 2 is 2.19 bits per heavy atom. The van der Waals surface area contributed by atoms with Crippen LogP contribution in [0.5, 0.6) is 0 Å². The van der Waals surface area contributed by atoms with Gasteiger partial charge in [0.25, 0.3) is 0 Å². The lowest BCUT2D eigenvalue weighted by molar-refractivity contribution is -0.131. The van der Waals surface area contributed by atoms with E-state index in [4.69, 9.17) is 5.73 Å². The normalized spacial score (nSPS) is 11.5. The Morgan fingerprint density at radius 1 is 1.56 bits per heavy atom. The number of halogens is 3. The second kappa shape index (κ2) is 4.73. The third-order valence-corrected chi connectivity index (χ3v) is 3.00. The number of rotatable bonds is 4. The first-order valence-electron chi connectivity index (χ1n) is 4.50. The van der Waals surface area contributed by atoms with Crippen molar-refractivity contribution in [3.05, 3.63) is 10.9 Å². The summed E-state index contributed by atoms with van der Waals surface area (Å²) in [5.41, 5.74) is 5.83. The quantitative estimate of drug-likeness (QED) is 0.810. The molecule has 0 saturated carbocycles. The Bertz CT molecular complexity index is 387. The highest BCUT2D eigenvalue weighted by atomic mass is 32.1. The summed E-state index contributed by atoms with van der Waals surface area (Å²) in [6.07, 6.45) is -5.10. The number of Topliss-reactive ketones (excluding diaryl/α,β-unsaturated/α-hetero) is 1. The van der Waals surface area contributed by atoms with Crippen LogP contribution in [0, 0.1) is 0 Å². The Hall–Kier alpha value is -1.24. The Morgan fingerprint density at radius 3 is 2.62 bits per heavy atom. The van der Waals surface area contributed by atoms with Gasteiger partial charge in [-0.3, -0.25) is 4.79 Å². The summed E-state index contributed by atoms with van der Waals surface area (Å²) in [5, 5.41) is 3.06. The molecule has 90 valence electrons. The van der Waals surface area contributed by atoms with Crippen molar-refractivity contribution in [2.75, 3.05) is 17.6 Å². The van der Waals surface area contributed by atoms with Gasteiger partial charge in [-0.05, 0) is 6.07 Å². The van der Waals surface area contributed by atoms with Gasteiger partial charge in [-0.2, -0.15) is 13.2 Å². The van der Waals surface area contributed by atoms with Crippen LogP contribution in [0.1, 0.15) is 23.0 Å². The van der Waals surface area contributed by atoms with Gasteiger partial charge in [-0.1, -0.05) is 0 Å². The first-order valence-corrected chi connectivity index (χ1v) is 5.32. The van der Waals surface area contributed by atoms with Crippen molar-refractivity contribution in [1.82, 2.24) is 0 Å². The number of carbonyl (C=O) groups is 1. The summed E-state index contributed by atoms with van der Waals surface area (Å²) < 4.78 is 35.6. The summed E-state index contributed by atoms with van der Waals surface area (Å²) in [4.78, 5) is 11.4. The molecule has 0 aromatic carbocycles. The molecule has 0 fully saturated rings. The van der Waals surface area contributed by atoms with Crippen LogP contribution in [-0.2, 0) is 0 Å². The number of anilines is 2. The van der Waals surface area contributed by atoms with Gasteiger partial charge in [0.15, 0.2) is 5.78 Å². The SMILES string of the molecule is CC(=O)c1sc(NCCC(F)(F)F)cc1N. The van der Waals surface area contributed by atoms with Gasteiger partial charge in [0.1, 0.15) is 0 Å². The molecular formula is C9H11F3N2OS. The maximum atomic E-state index is 11.9. The van der Waals surface area contributed by atoms with E-state index >= 15 is 0 Å². The van der Waals surface area contributed by atoms with Crippen LogP contribution in [0.15, 0.2) is 6.07 Å². The molecule has 1 aromatic heterocycles. The summed E-state index contributed by atoms with van der Waals surface area (Å²) in [7, 11) is 0. The number of hydrogen-bond donors (Lipinski definition) is 2. The van der Waals surface area contributed by atoms with Crippen LogP contribution in [-0.4, -0.2) is 18.5 Å². The van der Waals surface area contributed by atoms with Gasteiger partial charge in [-0.15, -0.1) is 11.3 Å². The largest absolute Gasteiger partial charge is 0.397 e. The number of nitrogens with one attached hydrogen (secondary N) is 1. The fourth-order valence-corrected chi connectivity index (χ4v) is 2.00. The van der Waals surface area contributed by atoms with Crippen LogP contribution >= 0.6 is 11.3 Å². The predicted molar refractivity (Wildman–Crippen MR) is 57.9 cm³/mol. The molecule has 3 nitrogen and oxygen atoms in total. The highest BCUT2D eigenvalue weighted by molar-refractivity contribution is 7.18. The molecule has 3 N–H and O–H groups in total. The number of hydrogen-bond acceptors (Lipinski definition) is 4. The minimum Gasteiger partial charge on any atom is -0.397 e. The lowest BCUT2D eigenvalue weighted by Crippen LogP contribution is -2.14. The average Bonchev–Trinajstić information content (AvgIpc) is 2.44. The van der Waals surface area contributed by atoms with Crippen LogP contribution in [0.25, 0.3) is 0 Å². The number of nitrogens with two attached hydrogens (primary N) is 1. The van der Waals surface area contributed by atoms with Crippen LogP contribution < -0.4 is 11.1 Å². The van der Waals surface area contributed by atoms with Crippen LogP contribution in [0.3, 0.4) is 0 Å². The van der Waals surface area contributed by atoms with E-state index < -0.39 is 12.6 Å². The van der Waals surface area contributed by atoms with Gasteiger partial charge in [-0.25, -0.2) is 0 Å². The van der Waals surface area contributed by atoms with Crippen LogP contribution in [0.4, 0.5) is 23.9 Å². The molecule has 0 unspecified atom stereocenters. The molecule has 0 saturated heterocycles. The molecule has 0 aliphatic rings. The molecule has 0 bridgehead atoms. The van der Waals surface area contributed by atoms with E-state index in [2.05, 4.69) is 5.32 Å². The number of nitrogen functional groups attached to an aromatic ring is 1. The van der Waals surface area contributed by atoms with Gasteiger partial charge in [0.05, 0.1) is 22.0 Å². The van der Waals surface area contributed by atoms with E-state index in [9.17, 15) is 18.0 Å². The highest BCUT2D eigenvalue weighted by Crippen LogP contribution is 2.30. The van der Waals surface area contributed by atoms with E-state index in [0.29, 0.717) is 15.6 Å². The van der Waals surface area contributed by atoms with Gasteiger partial charge < -0.3 is 11.1 Å². The van der Waals surface area contributed by atoms with Crippen molar-refractivity contribution in [2.45, 2.75) is 19.5 Å². The van der Waals surface area contributed by atoms with Crippen molar-refractivity contribution in [3.63, 3.8) is 0 Å². The van der Waals surface area contributed by atoms with Gasteiger partial charge in [0, 0.05) is 13.5 Å². The second-order valence-corrected chi connectivity index (χ2v) is 4.30. The predicted octanol–water partition coefficient (Wildman–Crippen LogP) is 2.90. The molecule has 0 amide bonds. The molecular weight excluding hydrogens is 241 g/mol. The lowest BCUT2D eigenvalue weighted by atomic mass is 10.3. The summed E-state index contributed by atoms with van der Waals surface area (Å²) in [6, 6.07) is 1.47. The highest BCUT2D eigenvalue weighted by Gasteiger charge is 2.26. The minimum absolute atomic E-state index is 0.189. The molecule has 0 atom stereocenters. The Kier molecular flexibility index (Phi) is 3.79. The third-order valence-electron chi connectivity index (χ3n) is 1.79. The van der Waals surface area contributed by atoms with E-state index in [0.717, 1.165) is 11.3 Å². The first kappa shape index (κ1) is 12.8. The van der Waals surface area contributed by atoms with E-state index in [1.807, 2.05) is 0 Å². The fraction of sp³-hybridized carbons (Fsp3) is 0.444. The zero-order valence-corrected chi connectivity index (χ0v) is 9.34. The average molecular weight is 252 g/mol. The molecule has 0 aliphatic heterocycles. The minimum atomic E-state index is -4.18. The number of thiophene rings is 1. The summed E-state index contributed by atoms with van der Waals surface area (Å²) in [5.74, 6) is -0.189. The van der Waals surface area contributed by atoms with Crippen molar-refractivity contribution in [2.24, 2.45) is 0 Å². The molecule has 7 heteroatoms. The maximum absolute atomic E-state index is 11.9. The lowest BCUT2D eigenvalue weighted by Gasteiger charge is -2.06. The zero-order valence-electron chi connectivity index (χ0n) is 8.52. The molecule has 0 spiro atoms. The van der Waals surface area contributed by atoms with Crippen molar-refractivity contribution < 1.29 is 18.0 Å². The third kappa shape index (κ3) is 3.73. The van der Waals surface area contributed by atoms with Crippen LogP contribution in [0.2, 0.25) is 0 Å². The molecule has 1 heterocycles. The van der Waals surface area contributed by atoms with Crippen molar-refractivity contribution in [3.8, 4) is 0 Å². The molecule has 0 radical (unpaired) electrons. The summed E-state index contributed by atoms with van der Waals surface area (Å²) in [6.45, 7) is 1.14. The standard InChI is InChI=1S/C9H11F3N2OS/c1-5(15)8-6(13)4-7(16-8)14-3-2-9(10,11)12/h4,14H,2-3,13H2,1H3. The molecule has 1 rings (SSSR count). The number of ketones is 1. The Labute approximate surface area is 94.4 Å². The number of alkyl halides is 3. The van der Waals surface area contributed by atoms with Gasteiger partial charge >= 0.3 is 6.18 Å². The van der Waals surface area contributed by atoms with Gasteiger partial charge in [0.2, 0.25) is 0 Å². The van der Waals surface area contributed by atoms with E-state index in [1.54, 1.807) is 0 Å². The van der Waals surface area contributed by atoms with E-state index in [-0.39, 0.29) is 12.3 Å². The zero-order chi connectivity index (χ0) is 12.3. The molecule has 0 aliphatic carbocycles. The Balaban J connectivity index is 2.56. The first-order chi connectivity index (χ1) is 7.29. The maximum Gasteiger partial charge on any atom is 0.390 e. The van der Waals surface area contributed by atoms with Crippen molar-refractivity contribution >= 4 is 27.8 Å². The monoisotopic (exact) mass is 252 g/mol. The second-order valence-electron chi connectivity index (χ2n) is 3.24. The molecule has 16 heavy (non-hydrogen) atoms. The smallest absolute Gasteiger partial charge is 0.390 e. The van der Waals surface area contributed by atoms with E-state index in [1.165, 1.54) is 13.0 Å². The fourth-order valence-electron chi connectivity index (χ4n) is 1.09. The topological polar surface area (TPSA) is 55.1 Å². The van der Waals surface area contributed by atoms with Crippen molar-refractivity contribution in [1.29, 1.82) is 0 Å². The summed E-state index contributed by atoms with van der Waals surface area (Å²) >= 11 is 1.07.